The zero-order chi connectivity index (χ0) is 26.7. The van der Waals surface area contributed by atoms with Gasteiger partial charge in [0.15, 0.2) is 5.71 Å². The lowest BCUT2D eigenvalue weighted by Crippen LogP contribution is -2.54. The maximum atomic E-state index is 13.4. The summed E-state index contributed by atoms with van der Waals surface area (Å²) in [5.74, 6) is -0.438. The van der Waals surface area contributed by atoms with Gasteiger partial charge in [0.1, 0.15) is 13.7 Å². The number of carbonyl (C=O) groups excluding carboxylic acids is 1. The van der Waals surface area contributed by atoms with Crippen molar-refractivity contribution in [3.05, 3.63) is 64.2 Å². The molecule has 2 aromatic carbocycles. The summed E-state index contributed by atoms with van der Waals surface area (Å²) in [7, 11) is 5.58. The van der Waals surface area contributed by atoms with Crippen LogP contribution in [0.1, 0.15) is 34.7 Å². The Labute approximate surface area is 223 Å². The average Bonchev–Trinajstić information content (AvgIpc) is 2.80. The third-order valence-corrected chi connectivity index (χ3v) is 6.71. The summed E-state index contributed by atoms with van der Waals surface area (Å²) in [6.45, 7) is 4.79. The van der Waals surface area contributed by atoms with E-state index in [0.717, 1.165) is 17.7 Å². The highest BCUT2D eigenvalue weighted by Gasteiger charge is 2.38. The zero-order valence-corrected chi connectivity index (χ0v) is 23.6. The number of benzene rings is 2. The highest BCUT2D eigenvalue weighted by Crippen LogP contribution is 2.42. The van der Waals surface area contributed by atoms with Crippen molar-refractivity contribution < 1.29 is 27.6 Å². The lowest BCUT2D eigenvalue weighted by Gasteiger charge is -2.46. The number of carbonyl (C=O) groups is 1. The Morgan fingerprint density at radius 3 is 2.50 bits per heavy atom. The van der Waals surface area contributed by atoms with Crippen LogP contribution in [0.15, 0.2) is 46.7 Å². The molecule has 194 valence electrons. The maximum Gasteiger partial charge on any atom is 0.416 e. The monoisotopic (exact) mass is 634 g/mol. The Kier molecular flexibility index (Phi) is 8.87. The van der Waals surface area contributed by atoms with Crippen LogP contribution in [0.25, 0.3) is 0 Å². The number of halogens is 4. The molecule has 0 radical (unpaired) electrons. The van der Waals surface area contributed by atoms with Crippen LogP contribution in [0.2, 0.25) is 0 Å². The van der Waals surface area contributed by atoms with Crippen LogP contribution in [0, 0.1) is 6.92 Å². The first kappa shape index (κ1) is 28.2. The second kappa shape index (κ2) is 11.3. The van der Waals surface area contributed by atoms with Crippen molar-refractivity contribution in [2.45, 2.75) is 29.8 Å². The molecule has 1 amide bonds. The predicted octanol–water partition coefficient (Wildman–Crippen LogP) is 4.88. The molecule has 7 nitrogen and oxygen atoms in total. The van der Waals surface area contributed by atoms with Gasteiger partial charge in [-0.1, -0.05) is 51.1 Å². The summed E-state index contributed by atoms with van der Waals surface area (Å²) in [4.78, 5) is 24.8. The first-order valence-electron chi connectivity index (χ1n) is 10.9. The molecule has 1 fully saturated rings. The van der Waals surface area contributed by atoms with E-state index in [2.05, 4.69) is 47.5 Å². The Hall–Kier alpha value is -2.40. The fourth-order valence-electron chi connectivity index (χ4n) is 3.82. The van der Waals surface area contributed by atoms with E-state index in [1.165, 1.54) is 20.2 Å². The van der Waals surface area contributed by atoms with Gasteiger partial charge in [0, 0.05) is 42.5 Å². The molecule has 3 rings (SSSR count). The minimum Gasteiger partial charge on any atom is -0.398 e. The summed E-state index contributed by atoms with van der Waals surface area (Å²) < 4.78 is 40.3. The molecular formula is C24H27F3IN4O3P. The molecule has 1 aliphatic rings. The molecule has 0 saturated carbocycles. The van der Waals surface area contributed by atoms with Crippen LogP contribution in [-0.4, -0.2) is 47.7 Å². The van der Waals surface area contributed by atoms with E-state index in [-0.39, 0.29) is 15.5 Å². The number of hydrogen-bond donors (Lipinski definition) is 1. The maximum absolute atomic E-state index is 13.4. The van der Waals surface area contributed by atoms with Gasteiger partial charge < -0.3 is 19.9 Å². The third kappa shape index (κ3) is 6.47. The summed E-state index contributed by atoms with van der Waals surface area (Å²) in [5.41, 5.74) is 2.61. The molecule has 1 heterocycles. The van der Waals surface area contributed by atoms with Crippen molar-refractivity contribution in [3.8, 4) is 0 Å². The molecular weight excluding hydrogens is 607 g/mol. The van der Waals surface area contributed by atoms with Crippen LogP contribution in [0.3, 0.4) is 0 Å². The van der Waals surface area contributed by atoms with Gasteiger partial charge in [-0.05, 0) is 37.6 Å². The van der Waals surface area contributed by atoms with Crippen molar-refractivity contribution in [2.24, 2.45) is 10.3 Å². The van der Waals surface area contributed by atoms with Gasteiger partial charge in [-0.15, -0.1) is 9.24 Å². The number of nitrogens with zero attached hydrogens (tertiary/aromatic N) is 3. The number of oxime groups is 2. The fourth-order valence-corrected chi connectivity index (χ4v) is 5.08. The molecule has 1 atom stereocenters. The largest absolute Gasteiger partial charge is 0.416 e. The van der Waals surface area contributed by atoms with Crippen molar-refractivity contribution in [1.82, 2.24) is 5.32 Å². The Bertz CT molecular complexity index is 1190. The lowest BCUT2D eigenvalue weighted by molar-refractivity contribution is -0.137. The standard InChI is InChI=1S/C24H27F3IN4O3P/c1-14-6-5-7-17(21(31-34-4)22(33)29-3)19(14)11-35-30-15(2)18-10-16(24(25,26)27)8-9-20(18)32-12-23(28,36)13-32/h5-10H,11-13,36H2,1-4H3,(H,29,33)/b30-15+,31-21+. The van der Waals surface area contributed by atoms with Gasteiger partial charge in [-0.3, -0.25) is 4.79 Å². The molecule has 1 unspecified atom stereocenters. The van der Waals surface area contributed by atoms with Gasteiger partial charge in [0.25, 0.3) is 5.91 Å². The van der Waals surface area contributed by atoms with E-state index in [1.807, 2.05) is 17.9 Å². The Morgan fingerprint density at radius 2 is 1.92 bits per heavy atom. The molecule has 0 bridgehead atoms. The van der Waals surface area contributed by atoms with Crippen LogP contribution >= 0.6 is 31.8 Å². The number of anilines is 1. The van der Waals surface area contributed by atoms with Gasteiger partial charge in [-0.25, -0.2) is 0 Å². The van der Waals surface area contributed by atoms with E-state index in [0.29, 0.717) is 41.2 Å². The Balaban J connectivity index is 1.92. The highest BCUT2D eigenvalue weighted by molar-refractivity contribution is 14.1. The quantitative estimate of drug-likeness (QED) is 0.148. The zero-order valence-electron chi connectivity index (χ0n) is 20.2. The van der Waals surface area contributed by atoms with Crippen molar-refractivity contribution in [2.75, 3.05) is 32.1 Å². The molecule has 1 N–H and O–H groups in total. The number of amides is 1. The molecule has 0 aliphatic carbocycles. The van der Waals surface area contributed by atoms with Crippen LogP contribution in [0.4, 0.5) is 18.9 Å². The number of hydrogen-bond acceptors (Lipinski definition) is 6. The number of rotatable bonds is 8. The molecule has 1 saturated heterocycles. The minimum absolute atomic E-state index is 0.0211. The first-order chi connectivity index (χ1) is 16.9. The van der Waals surface area contributed by atoms with Crippen molar-refractivity contribution in [3.63, 3.8) is 0 Å². The summed E-state index contributed by atoms with van der Waals surface area (Å²) in [6.07, 6.45) is -4.48. The normalized spacial score (nSPS) is 15.9. The molecule has 12 heteroatoms. The van der Waals surface area contributed by atoms with E-state index in [1.54, 1.807) is 19.1 Å². The first-order valence-corrected chi connectivity index (χ1v) is 12.6. The van der Waals surface area contributed by atoms with E-state index >= 15 is 0 Å². The molecule has 0 spiro atoms. The number of alkyl halides is 4. The number of likely N-dealkylation sites (N-methyl/N-ethyl adjacent to an activating group) is 1. The van der Waals surface area contributed by atoms with Crippen LogP contribution < -0.4 is 10.2 Å². The van der Waals surface area contributed by atoms with E-state index in [4.69, 9.17) is 9.68 Å². The van der Waals surface area contributed by atoms with Crippen molar-refractivity contribution >= 4 is 54.8 Å². The molecule has 0 aromatic heterocycles. The third-order valence-electron chi connectivity index (χ3n) is 5.66. The molecule has 2 aromatic rings. The summed E-state index contributed by atoms with van der Waals surface area (Å²) in [5, 5.41) is 10.5. The smallest absolute Gasteiger partial charge is 0.398 e. The Morgan fingerprint density at radius 1 is 1.22 bits per heavy atom. The predicted molar refractivity (Wildman–Crippen MR) is 146 cm³/mol. The van der Waals surface area contributed by atoms with Gasteiger partial charge in [0.05, 0.1) is 14.4 Å². The summed E-state index contributed by atoms with van der Waals surface area (Å²) >= 11 is 2.31. The van der Waals surface area contributed by atoms with Crippen molar-refractivity contribution in [1.29, 1.82) is 0 Å². The lowest BCUT2D eigenvalue weighted by atomic mass is 9.98. The minimum atomic E-state index is -4.48. The SMILES string of the molecule is CNC(=O)/C(=N/OC)c1cccc(C)c1CO/N=C(\C)c1cc(C(F)(F)F)ccc1N1CC(P)(I)C1. The number of aryl methyl sites for hydroxylation is 1. The summed E-state index contributed by atoms with van der Waals surface area (Å²) in [6, 6.07) is 8.99. The van der Waals surface area contributed by atoms with E-state index in [9.17, 15) is 18.0 Å². The van der Waals surface area contributed by atoms with E-state index < -0.39 is 17.6 Å². The van der Waals surface area contributed by atoms with Gasteiger partial charge >= 0.3 is 6.18 Å². The van der Waals surface area contributed by atoms with Crippen LogP contribution in [0.5, 0.6) is 0 Å². The highest BCUT2D eigenvalue weighted by atomic mass is 127. The molecule has 1 aliphatic heterocycles. The number of nitrogens with one attached hydrogen (secondary N) is 1. The van der Waals surface area contributed by atoms with Gasteiger partial charge in [-0.2, -0.15) is 13.2 Å². The second-order valence-electron chi connectivity index (χ2n) is 8.37. The topological polar surface area (TPSA) is 75.5 Å². The molecule has 36 heavy (non-hydrogen) atoms. The second-order valence-corrected chi connectivity index (χ2v) is 12.8. The van der Waals surface area contributed by atoms with Gasteiger partial charge in [0.2, 0.25) is 0 Å². The van der Waals surface area contributed by atoms with Crippen LogP contribution in [-0.2, 0) is 27.3 Å². The fraction of sp³-hybridized carbons (Fsp3) is 0.375. The average molecular weight is 634 g/mol.